The van der Waals surface area contributed by atoms with E-state index in [9.17, 15) is 18.1 Å². The first-order valence-electron chi connectivity index (χ1n) is 11.0. The van der Waals surface area contributed by atoms with Gasteiger partial charge in [-0.1, -0.05) is 97.3 Å². The van der Waals surface area contributed by atoms with Gasteiger partial charge in [-0.05, 0) is 25.7 Å². The van der Waals surface area contributed by atoms with Gasteiger partial charge in [0.2, 0.25) is 0 Å². The van der Waals surface area contributed by atoms with Crippen LogP contribution in [0.25, 0.3) is 0 Å². The molecule has 158 valence electrons. The second-order valence-corrected chi connectivity index (χ2v) is 9.46. The maximum atomic E-state index is 11.1. The molecule has 27 heavy (non-hydrogen) atoms. The molecule has 0 aliphatic carbocycles. The molecular weight excluding hydrogens is 371 g/mol. The van der Waals surface area contributed by atoms with Crippen molar-refractivity contribution in [3.63, 3.8) is 0 Å². The van der Waals surface area contributed by atoms with Gasteiger partial charge in [-0.3, -0.25) is 0 Å². The average Bonchev–Trinajstić information content (AvgIpc) is 2.58. The van der Waals surface area contributed by atoms with Crippen LogP contribution in [0.3, 0.4) is 0 Å². The summed E-state index contributed by atoms with van der Waals surface area (Å²) in [4.78, 5) is 0. The Kier molecular flexibility index (Phi) is 22.4. The van der Waals surface area contributed by atoms with Crippen molar-refractivity contribution < 1.29 is 47.6 Å². The van der Waals surface area contributed by atoms with Gasteiger partial charge in [0, 0.05) is 5.25 Å². The summed E-state index contributed by atoms with van der Waals surface area (Å²) in [7, 11) is -4.12. The second kappa shape index (κ2) is 20.2. The van der Waals surface area contributed by atoms with Crippen LogP contribution in [0.4, 0.5) is 0 Å². The van der Waals surface area contributed by atoms with Crippen molar-refractivity contribution in [3.05, 3.63) is 0 Å². The summed E-state index contributed by atoms with van der Waals surface area (Å²) >= 11 is 0. The minimum absolute atomic E-state index is 0. The molecule has 1 N–H and O–H groups in total. The monoisotopic (exact) mass is 414 g/mol. The Bertz CT molecular complexity index is 401. The number of aliphatic hydroxyl groups is 1. The SMILES string of the molecule is CCCCC(O)CCCCCCCCCCCCC(CCC)S(=O)(=O)[O-].[Na+]. The van der Waals surface area contributed by atoms with Crippen LogP contribution < -0.4 is 29.6 Å². The normalized spacial score (nSPS) is 13.9. The van der Waals surface area contributed by atoms with E-state index in [2.05, 4.69) is 6.92 Å². The molecule has 0 aromatic heterocycles. The molecule has 4 nitrogen and oxygen atoms in total. The van der Waals surface area contributed by atoms with Gasteiger partial charge in [-0.25, -0.2) is 8.42 Å². The molecule has 0 aromatic carbocycles. The molecule has 0 saturated carbocycles. The minimum Gasteiger partial charge on any atom is -0.748 e. The Morgan fingerprint density at radius 3 is 1.48 bits per heavy atom. The predicted octanol–water partition coefficient (Wildman–Crippen LogP) is 2.94. The smallest absolute Gasteiger partial charge is 0.748 e. The third kappa shape index (κ3) is 19.9. The molecule has 6 heteroatoms. The van der Waals surface area contributed by atoms with Gasteiger partial charge in [0.05, 0.1) is 16.2 Å². The molecule has 0 aliphatic heterocycles. The summed E-state index contributed by atoms with van der Waals surface area (Å²) in [6.45, 7) is 4.08. The Labute approximate surface area is 191 Å². The second-order valence-electron chi connectivity index (χ2n) is 7.81. The fourth-order valence-electron chi connectivity index (χ4n) is 3.51. The van der Waals surface area contributed by atoms with Crippen molar-refractivity contribution >= 4 is 10.1 Å². The van der Waals surface area contributed by atoms with Crippen LogP contribution in [-0.2, 0) is 10.1 Å². The van der Waals surface area contributed by atoms with Crippen LogP contribution in [0.2, 0.25) is 0 Å². The zero-order chi connectivity index (χ0) is 19.7. The molecule has 0 bridgehead atoms. The van der Waals surface area contributed by atoms with Crippen molar-refractivity contribution in [2.45, 2.75) is 134 Å². The van der Waals surface area contributed by atoms with E-state index in [0.29, 0.717) is 12.8 Å². The molecular formula is C21H43NaO4S. The van der Waals surface area contributed by atoms with Gasteiger partial charge in [0.1, 0.15) is 0 Å². The van der Waals surface area contributed by atoms with Gasteiger partial charge in [0.15, 0.2) is 0 Å². The van der Waals surface area contributed by atoms with Gasteiger partial charge in [-0.2, -0.15) is 0 Å². The minimum atomic E-state index is -4.12. The molecule has 0 aromatic rings. The van der Waals surface area contributed by atoms with Crippen molar-refractivity contribution in [1.82, 2.24) is 0 Å². The summed E-state index contributed by atoms with van der Waals surface area (Å²) in [5, 5.41) is 9.11. The first-order valence-corrected chi connectivity index (χ1v) is 12.5. The number of hydrogen-bond donors (Lipinski definition) is 1. The molecule has 2 atom stereocenters. The summed E-state index contributed by atoms with van der Waals surface area (Å²) in [6.07, 6.45) is 17.6. The van der Waals surface area contributed by atoms with E-state index in [0.717, 1.165) is 57.8 Å². The van der Waals surface area contributed by atoms with Crippen LogP contribution >= 0.6 is 0 Å². The Hall–Kier alpha value is 0.870. The van der Waals surface area contributed by atoms with E-state index >= 15 is 0 Å². The molecule has 0 aliphatic rings. The molecule has 0 radical (unpaired) electrons. The summed E-state index contributed by atoms with van der Waals surface area (Å²) in [5.74, 6) is 0. The number of aliphatic hydroxyl groups excluding tert-OH is 1. The topological polar surface area (TPSA) is 77.4 Å². The van der Waals surface area contributed by atoms with Crippen LogP contribution in [0, 0.1) is 0 Å². The van der Waals surface area contributed by atoms with Crippen molar-refractivity contribution in [3.8, 4) is 0 Å². The number of rotatable bonds is 19. The fourth-order valence-corrected chi connectivity index (χ4v) is 4.48. The number of unbranched alkanes of at least 4 members (excludes halogenated alkanes) is 10. The van der Waals surface area contributed by atoms with E-state index in [4.69, 9.17) is 0 Å². The number of hydrogen-bond acceptors (Lipinski definition) is 4. The van der Waals surface area contributed by atoms with Gasteiger partial charge >= 0.3 is 29.6 Å². The zero-order valence-electron chi connectivity index (χ0n) is 18.3. The summed E-state index contributed by atoms with van der Waals surface area (Å²) < 4.78 is 33.4. The molecule has 2 unspecified atom stereocenters. The van der Waals surface area contributed by atoms with E-state index in [1.807, 2.05) is 6.92 Å². The maximum Gasteiger partial charge on any atom is 1.00 e. The van der Waals surface area contributed by atoms with Gasteiger partial charge in [0.25, 0.3) is 0 Å². The molecule has 0 amide bonds. The van der Waals surface area contributed by atoms with Crippen molar-refractivity contribution in [2.75, 3.05) is 0 Å². The third-order valence-electron chi connectivity index (χ3n) is 5.22. The summed E-state index contributed by atoms with van der Waals surface area (Å²) in [5.41, 5.74) is 0. The van der Waals surface area contributed by atoms with Crippen molar-refractivity contribution in [2.24, 2.45) is 0 Å². The first-order chi connectivity index (χ1) is 12.4. The molecule has 0 fully saturated rings. The quantitative estimate of drug-likeness (QED) is 0.200. The maximum absolute atomic E-state index is 11.1. The van der Waals surface area contributed by atoms with Crippen LogP contribution in [0.5, 0.6) is 0 Å². The average molecular weight is 415 g/mol. The van der Waals surface area contributed by atoms with Gasteiger partial charge < -0.3 is 9.66 Å². The molecule has 0 rings (SSSR count). The Balaban J connectivity index is 0. The standard InChI is InChI=1S/C21H44O4S.Na/c1-3-5-17-20(22)18-14-12-10-8-6-7-9-11-13-15-19-21(16-4-2)26(23,24)25;/h20-22H,3-19H2,1-2H3,(H,23,24,25);/q;+1/p-1. The van der Waals surface area contributed by atoms with Crippen molar-refractivity contribution in [1.29, 1.82) is 0 Å². The fraction of sp³-hybridized carbons (Fsp3) is 1.00. The zero-order valence-corrected chi connectivity index (χ0v) is 21.1. The third-order valence-corrected chi connectivity index (χ3v) is 6.51. The van der Waals surface area contributed by atoms with Crippen LogP contribution in [0.15, 0.2) is 0 Å². The Morgan fingerprint density at radius 1 is 0.667 bits per heavy atom. The van der Waals surface area contributed by atoms with Gasteiger partial charge in [-0.15, -0.1) is 0 Å². The molecule has 0 heterocycles. The predicted molar refractivity (Wildman–Crippen MR) is 109 cm³/mol. The first kappa shape index (κ1) is 30.1. The van der Waals surface area contributed by atoms with E-state index in [-0.39, 0.29) is 35.7 Å². The summed E-state index contributed by atoms with van der Waals surface area (Å²) in [6, 6.07) is 0. The van der Waals surface area contributed by atoms with Crippen LogP contribution in [0.1, 0.15) is 123 Å². The molecule has 0 saturated heterocycles. The largest absolute Gasteiger partial charge is 1.00 e. The Morgan fingerprint density at radius 2 is 1.07 bits per heavy atom. The van der Waals surface area contributed by atoms with E-state index < -0.39 is 15.4 Å². The van der Waals surface area contributed by atoms with Crippen LogP contribution in [-0.4, -0.2) is 29.4 Å². The molecule has 0 spiro atoms. The van der Waals surface area contributed by atoms with E-state index in [1.165, 1.54) is 38.5 Å². The van der Waals surface area contributed by atoms with E-state index in [1.54, 1.807) is 0 Å².